The van der Waals surface area contributed by atoms with Crippen molar-refractivity contribution in [3.8, 4) is 0 Å². The molecule has 0 spiro atoms. The highest BCUT2D eigenvalue weighted by atomic mass is 35.5. The van der Waals surface area contributed by atoms with Gasteiger partial charge in [-0.2, -0.15) is 0 Å². The minimum Gasteiger partial charge on any atom is -0.345 e. The Labute approximate surface area is 98.1 Å². The maximum Gasteiger partial charge on any atom is 0.152 e. The van der Waals surface area contributed by atoms with Gasteiger partial charge in [-0.1, -0.05) is 32.4 Å². The Kier molecular flexibility index (Phi) is 2.46. The summed E-state index contributed by atoms with van der Waals surface area (Å²) in [7, 11) is 0. The van der Waals surface area contributed by atoms with Gasteiger partial charge in [0.25, 0.3) is 0 Å². The van der Waals surface area contributed by atoms with E-state index < -0.39 is 0 Å². The summed E-state index contributed by atoms with van der Waals surface area (Å²) in [6.07, 6.45) is 2.33. The summed E-state index contributed by atoms with van der Waals surface area (Å²) in [5.41, 5.74) is 0.914. The molecule has 0 radical (unpaired) electrons. The van der Waals surface area contributed by atoms with E-state index in [4.69, 9.17) is 11.6 Å². The quantitative estimate of drug-likeness (QED) is 0.613. The van der Waals surface area contributed by atoms with E-state index in [2.05, 4.69) is 15.0 Å². The van der Waals surface area contributed by atoms with E-state index in [-0.39, 0.29) is 5.41 Å². The van der Waals surface area contributed by atoms with Crippen molar-refractivity contribution in [3.05, 3.63) is 22.7 Å². The zero-order valence-electron chi connectivity index (χ0n) is 9.34. The molecule has 4 nitrogen and oxygen atoms in total. The van der Waals surface area contributed by atoms with Gasteiger partial charge in [-0.25, -0.2) is 9.97 Å². The first-order valence-corrected chi connectivity index (χ1v) is 5.31. The zero-order valence-corrected chi connectivity index (χ0v) is 10.1. The summed E-state index contributed by atoms with van der Waals surface area (Å²) < 4.78 is 0. The number of aldehydes is 1. The Morgan fingerprint density at radius 3 is 2.62 bits per heavy atom. The number of hydrogen-bond donors (Lipinski definition) is 1. The van der Waals surface area contributed by atoms with Gasteiger partial charge in [-0.3, -0.25) is 4.79 Å². The smallest absolute Gasteiger partial charge is 0.152 e. The predicted octanol–water partition coefficient (Wildman–Crippen LogP) is 2.72. The molecule has 0 amide bonds. The average molecular weight is 238 g/mol. The molecule has 0 bridgehead atoms. The largest absolute Gasteiger partial charge is 0.345 e. The highest BCUT2D eigenvalue weighted by molar-refractivity contribution is 6.35. The van der Waals surface area contributed by atoms with E-state index in [0.717, 1.165) is 6.29 Å². The standard InChI is InChI=1S/C11H12ClN3O/c1-11(2,3)10-14-8(12)7-6(5-16)4-13-9(7)15-10/h4-5H,1-3H3,(H,13,14,15). The van der Waals surface area contributed by atoms with Gasteiger partial charge in [-0.05, 0) is 0 Å². The number of nitrogens with zero attached hydrogens (tertiary/aromatic N) is 2. The lowest BCUT2D eigenvalue weighted by Crippen LogP contribution is -2.16. The fourth-order valence-electron chi connectivity index (χ4n) is 1.44. The number of hydrogen-bond acceptors (Lipinski definition) is 3. The summed E-state index contributed by atoms with van der Waals surface area (Å²) in [6.45, 7) is 6.02. The van der Waals surface area contributed by atoms with E-state index in [1.54, 1.807) is 6.20 Å². The number of carbonyl (C=O) groups is 1. The minimum atomic E-state index is -0.176. The van der Waals surface area contributed by atoms with Crippen LogP contribution in [0.3, 0.4) is 0 Å². The predicted molar refractivity (Wildman–Crippen MR) is 63.0 cm³/mol. The van der Waals surface area contributed by atoms with Crippen LogP contribution >= 0.6 is 11.6 Å². The third-order valence-electron chi connectivity index (χ3n) is 2.32. The van der Waals surface area contributed by atoms with Crippen molar-refractivity contribution >= 4 is 28.9 Å². The van der Waals surface area contributed by atoms with Crippen LogP contribution in [-0.2, 0) is 5.41 Å². The van der Waals surface area contributed by atoms with E-state index in [1.165, 1.54) is 0 Å². The molecule has 0 aliphatic rings. The van der Waals surface area contributed by atoms with Crippen LogP contribution in [0.2, 0.25) is 5.15 Å². The molecule has 2 aromatic rings. The first kappa shape index (κ1) is 11.1. The number of aromatic amines is 1. The molecule has 16 heavy (non-hydrogen) atoms. The summed E-state index contributed by atoms with van der Waals surface area (Å²) in [5, 5.41) is 0.906. The van der Waals surface area contributed by atoms with Gasteiger partial charge in [0.05, 0.1) is 5.39 Å². The normalized spacial score (nSPS) is 12.0. The molecule has 2 aromatic heterocycles. The summed E-state index contributed by atoms with van der Waals surface area (Å²) in [5.74, 6) is 0.657. The molecular formula is C11H12ClN3O. The molecule has 84 valence electrons. The minimum absolute atomic E-state index is 0.176. The molecule has 0 saturated heterocycles. The molecule has 2 rings (SSSR count). The van der Waals surface area contributed by atoms with Crippen LogP contribution in [0.4, 0.5) is 0 Å². The van der Waals surface area contributed by atoms with Gasteiger partial charge < -0.3 is 4.98 Å². The molecule has 0 saturated carbocycles. The lowest BCUT2D eigenvalue weighted by atomic mass is 9.96. The number of carbonyl (C=O) groups excluding carboxylic acids is 1. The van der Waals surface area contributed by atoms with Crippen molar-refractivity contribution in [2.75, 3.05) is 0 Å². The molecule has 0 unspecified atom stereocenters. The van der Waals surface area contributed by atoms with Crippen LogP contribution in [0.25, 0.3) is 11.0 Å². The Morgan fingerprint density at radius 1 is 1.38 bits per heavy atom. The van der Waals surface area contributed by atoms with Gasteiger partial charge in [0, 0.05) is 17.2 Å². The van der Waals surface area contributed by atoms with Crippen LogP contribution in [0.5, 0.6) is 0 Å². The maximum atomic E-state index is 10.8. The number of aromatic nitrogens is 3. The maximum absolute atomic E-state index is 10.8. The second-order valence-electron chi connectivity index (χ2n) is 4.67. The van der Waals surface area contributed by atoms with Gasteiger partial charge in [0.15, 0.2) is 6.29 Å². The van der Waals surface area contributed by atoms with Crippen LogP contribution in [0.1, 0.15) is 37.0 Å². The molecule has 0 aliphatic carbocycles. The Hall–Kier alpha value is -1.42. The first-order chi connectivity index (χ1) is 7.43. The highest BCUT2D eigenvalue weighted by Crippen LogP contribution is 2.27. The van der Waals surface area contributed by atoms with Crippen LogP contribution in [-0.4, -0.2) is 21.2 Å². The molecule has 0 aliphatic heterocycles. The topological polar surface area (TPSA) is 58.6 Å². The van der Waals surface area contributed by atoms with Crippen molar-refractivity contribution in [1.82, 2.24) is 15.0 Å². The van der Waals surface area contributed by atoms with Gasteiger partial charge in [0.2, 0.25) is 0 Å². The van der Waals surface area contributed by atoms with Crippen LogP contribution < -0.4 is 0 Å². The summed E-state index contributed by atoms with van der Waals surface area (Å²) in [4.78, 5) is 22.3. The van der Waals surface area contributed by atoms with Crippen molar-refractivity contribution in [1.29, 1.82) is 0 Å². The number of fused-ring (bicyclic) bond motifs is 1. The third-order valence-corrected chi connectivity index (χ3v) is 2.59. The van der Waals surface area contributed by atoms with E-state index in [1.807, 2.05) is 20.8 Å². The highest BCUT2D eigenvalue weighted by Gasteiger charge is 2.20. The molecule has 2 heterocycles. The average Bonchev–Trinajstić information content (AvgIpc) is 2.59. The van der Waals surface area contributed by atoms with E-state index in [0.29, 0.717) is 27.6 Å². The Morgan fingerprint density at radius 2 is 2.06 bits per heavy atom. The fraction of sp³-hybridized carbons (Fsp3) is 0.364. The van der Waals surface area contributed by atoms with Gasteiger partial charge in [-0.15, -0.1) is 0 Å². The third kappa shape index (κ3) is 1.69. The van der Waals surface area contributed by atoms with Gasteiger partial charge in [0.1, 0.15) is 16.6 Å². The lowest BCUT2D eigenvalue weighted by molar-refractivity contribution is 0.112. The number of rotatable bonds is 1. The summed E-state index contributed by atoms with van der Waals surface area (Å²) in [6, 6.07) is 0. The van der Waals surface area contributed by atoms with Crippen LogP contribution in [0, 0.1) is 0 Å². The Bertz CT molecular complexity index is 554. The van der Waals surface area contributed by atoms with Crippen molar-refractivity contribution in [2.24, 2.45) is 0 Å². The molecule has 1 N–H and O–H groups in total. The second kappa shape index (κ2) is 3.56. The number of halogens is 1. The van der Waals surface area contributed by atoms with Gasteiger partial charge >= 0.3 is 0 Å². The molecule has 5 heteroatoms. The van der Waals surface area contributed by atoms with E-state index in [9.17, 15) is 4.79 Å². The summed E-state index contributed by atoms with van der Waals surface area (Å²) >= 11 is 6.06. The van der Waals surface area contributed by atoms with Crippen molar-refractivity contribution in [2.45, 2.75) is 26.2 Å². The van der Waals surface area contributed by atoms with E-state index >= 15 is 0 Å². The number of nitrogens with one attached hydrogen (secondary N) is 1. The van der Waals surface area contributed by atoms with Crippen molar-refractivity contribution < 1.29 is 4.79 Å². The monoisotopic (exact) mass is 237 g/mol. The molecule has 0 fully saturated rings. The fourth-order valence-corrected chi connectivity index (χ4v) is 1.72. The zero-order chi connectivity index (χ0) is 11.9. The molecular weight excluding hydrogens is 226 g/mol. The first-order valence-electron chi connectivity index (χ1n) is 4.94. The second-order valence-corrected chi connectivity index (χ2v) is 5.03. The molecule has 0 aromatic carbocycles. The molecule has 0 atom stereocenters. The SMILES string of the molecule is CC(C)(C)c1nc(Cl)c2c(C=O)c[nH]c2n1. The van der Waals surface area contributed by atoms with Crippen molar-refractivity contribution in [3.63, 3.8) is 0 Å². The number of H-pyrrole nitrogens is 1. The lowest BCUT2D eigenvalue weighted by Gasteiger charge is -2.16. The Balaban J connectivity index is 2.75. The van der Waals surface area contributed by atoms with Crippen LogP contribution in [0.15, 0.2) is 6.20 Å².